The van der Waals surface area contributed by atoms with Gasteiger partial charge in [-0.2, -0.15) is 0 Å². The van der Waals surface area contributed by atoms with Gasteiger partial charge in [0.2, 0.25) is 5.91 Å². The molecule has 0 spiro atoms. The van der Waals surface area contributed by atoms with Gasteiger partial charge in [-0.15, -0.1) is 0 Å². The molecule has 0 aliphatic carbocycles. The van der Waals surface area contributed by atoms with Crippen LogP contribution in [0.4, 0.5) is 0 Å². The minimum absolute atomic E-state index is 0.0367. The lowest BCUT2D eigenvalue weighted by molar-refractivity contribution is -0.124. The molecule has 27 heavy (non-hydrogen) atoms. The molecule has 0 fully saturated rings. The second kappa shape index (κ2) is 10.1. The lowest BCUT2D eigenvalue weighted by Gasteiger charge is -2.22. The van der Waals surface area contributed by atoms with Gasteiger partial charge in [-0.3, -0.25) is 9.59 Å². The van der Waals surface area contributed by atoms with Crippen molar-refractivity contribution < 1.29 is 14.3 Å². The van der Waals surface area contributed by atoms with E-state index in [0.717, 1.165) is 15.8 Å². The molecule has 0 saturated carbocycles. The first kappa shape index (κ1) is 21.0. The molecular weight excluding hydrogens is 408 g/mol. The third kappa shape index (κ3) is 6.71. The van der Waals surface area contributed by atoms with Crippen molar-refractivity contribution in [1.82, 2.24) is 10.6 Å². The molecule has 2 amide bonds. The predicted octanol–water partition coefficient (Wildman–Crippen LogP) is 3.71. The third-order valence-electron chi connectivity index (χ3n) is 4.02. The Morgan fingerprint density at radius 1 is 1.11 bits per heavy atom. The number of amides is 2. The van der Waals surface area contributed by atoms with E-state index in [9.17, 15) is 9.59 Å². The second-order valence-corrected chi connectivity index (χ2v) is 7.57. The van der Waals surface area contributed by atoms with E-state index in [1.54, 1.807) is 12.1 Å². The van der Waals surface area contributed by atoms with Crippen molar-refractivity contribution >= 4 is 27.7 Å². The summed E-state index contributed by atoms with van der Waals surface area (Å²) < 4.78 is 6.54. The summed E-state index contributed by atoms with van der Waals surface area (Å²) in [5.74, 6) is 0.217. The van der Waals surface area contributed by atoms with Gasteiger partial charge in [0.25, 0.3) is 5.91 Å². The highest BCUT2D eigenvalue weighted by atomic mass is 79.9. The number of carbonyl (C=O) groups is 2. The van der Waals surface area contributed by atoms with Crippen molar-refractivity contribution in [1.29, 1.82) is 0 Å². The second-order valence-electron chi connectivity index (χ2n) is 6.66. The molecular formula is C21H25BrN2O3. The summed E-state index contributed by atoms with van der Waals surface area (Å²) in [6.07, 6.45) is 0. The minimum atomic E-state index is -0.607. The molecule has 0 radical (unpaired) electrons. The van der Waals surface area contributed by atoms with E-state index in [-0.39, 0.29) is 17.7 Å². The van der Waals surface area contributed by atoms with Gasteiger partial charge < -0.3 is 15.4 Å². The van der Waals surface area contributed by atoms with E-state index in [2.05, 4.69) is 26.6 Å². The maximum absolute atomic E-state index is 12.5. The summed E-state index contributed by atoms with van der Waals surface area (Å²) in [5.41, 5.74) is 1.62. The molecule has 144 valence electrons. The summed E-state index contributed by atoms with van der Waals surface area (Å²) in [6.45, 7) is 6.46. The van der Waals surface area contributed by atoms with E-state index in [1.165, 1.54) is 0 Å². The minimum Gasteiger partial charge on any atom is -0.492 e. The van der Waals surface area contributed by atoms with Crippen LogP contribution in [0.1, 0.15) is 29.8 Å². The summed E-state index contributed by atoms with van der Waals surface area (Å²) in [5, 5.41) is 5.64. The Morgan fingerprint density at radius 2 is 1.81 bits per heavy atom. The molecule has 0 aliphatic rings. The highest BCUT2D eigenvalue weighted by molar-refractivity contribution is 9.10. The number of ether oxygens (including phenoxy) is 1. The van der Waals surface area contributed by atoms with Crippen molar-refractivity contribution in [3.63, 3.8) is 0 Å². The molecule has 0 aliphatic heterocycles. The van der Waals surface area contributed by atoms with E-state index in [4.69, 9.17) is 4.74 Å². The fourth-order valence-corrected chi connectivity index (χ4v) is 2.85. The van der Waals surface area contributed by atoms with Gasteiger partial charge in [-0.25, -0.2) is 0 Å². The summed E-state index contributed by atoms with van der Waals surface area (Å²) >= 11 is 3.39. The first-order valence-corrected chi connectivity index (χ1v) is 9.69. The van der Waals surface area contributed by atoms with Crippen LogP contribution in [0, 0.1) is 12.8 Å². The summed E-state index contributed by atoms with van der Waals surface area (Å²) in [4.78, 5) is 24.9. The molecule has 6 heteroatoms. The number of halogens is 1. The Hall–Kier alpha value is -2.34. The molecule has 0 saturated heterocycles. The Labute approximate surface area is 168 Å². The molecule has 1 unspecified atom stereocenters. The van der Waals surface area contributed by atoms with Gasteiger partial charge in [-0.05, 0) is 43.2 Å². The lowest BCUT2D eigenvalue weighted by Crippen LogP contribution is -2.50. The van der Waals surface area contributed by atoms with Gasteiger partial charge in [-0.1, -0.05) is 53.5 Å². The van der Waals surface area contributed by atoms with Crippen LogP contribution in [-0.4, -0.2) is 31.0 Å². The maximum atomic E-state index is 12.5. The number of aryl methyl sites for hydroxylation is 1. The van der Waals surface area contributed by atoms with E-state index < -0.39 is 6.04 Å². The SMILES string of the molecule is Cc1ccc(C(=O)NC(C(=O)NCCOc2cccc(Br)c2)C(C)C)cc1. The number of carbonyl (C=O) groups excluding carboxylic acids is 2. The van der Waals surface area contributed by atoms with Crippen molar-refractivity contribution in [2.45, 2.75) is 26.8 Å². The molecule has 1 atom stereocenters. The van der Waals surface area contributed by atoms with Gasteiger partial charge >= 0.3 is 0 Å². The largest absolute Gasteiger partial charge is 0.492 e. The Morgan fingerprint density at radius 3 is 2.44 bits per heavy atom. The van der Waals surface area contributed by atoms with Crippen LogP contribution < -0.4 is 15.4 Å². The van der Waals surface area contributed by atoms with E-state index in [0.29, 0.717) is 18.7 Å². The molecule has 2 aromatic carbocycles. The molecule has 5 nitrogen and oxygen atoms in total. The van der Waals surface area contributed by atoms with E-state index >= 15 is 0 Å². The summed E-state index contributed by atoms with van der Waals surface area (Å²) in [7, 11) is 0. The summed E-state index contributed by atoms with van der Waals surface area (Å²) in [6, 6.07) is 14.2. The van der Waals surface area contributed by atoms with Crippen LogP contribution in [0.3, 0.4) is 0 Å². The molecule has 2 aromatic rings. The van der Waals surface area contributed by atoms with Crippen molar-refractivity contribution in [2.24, 2.45) is 5.92 Å². The standard InChI is InChI=1S/C21H25BrN2O3/c1-14(2)19(24-20(25)16-9-7-15(3)8-10-16)21(26)23-11-12-27-18-6-4-5-17(22)13-18/h4-10,13-14,19H,11-12H2,1-3H3,(H,23,26)(H,24,25). The topological polar surface area (TPSA) is 67.4 Å². The lowest BCUT2D eigenvalue weighted by atomic mass is 10.0. The third-order valence-corrected chi connectivity index (χ3v) is 4.51. The van der Waals surface area contributed by atoms with Gasteiger partial charge in [0.15, 0.2) is 0 Å². The first-order chi connectivity index (χ1) is 12.9. The predicted molar refractivity (Wildman–Crippen MR) is 110 cm³/mol. The molecule has 0 aromatic heterocycles. The zero-order valence-corrected chi connectivity index (χ0v) is 17.4. The Kier molecular flexibility index (Phi) is 7.85. The fourth-order valence-electron chi connectivity index (χ4n) is 2.47. The van der Waals surface area contributed by atoms with Crippen LogP contribution in [0.2, 0.25) is 0 Å². The van der Waals surface area contributed by atoms with Crippen molar-refractivity contribution in [3.8, 4) is 5.75 Å². The molecule has 0 bridgehead atoms. The average Bonchev–Trinajstić information content (AvgIpc) is 2.63. The van der Waals surface area contributed by atoms with Gasteiger partial charge in [0, 0.05) is 10.0 Å². The van der Waals surface area contributed by atoms with Crippen molar-refractivity contribution in [3.05, 3.63) is 64.1 Å². The smallest absolute Gasteiger partial charge is 0.251 e. The highest BCUT2D eigenvalue weighted by Gasteiger charge is 2.24. The number of hydrogen-bond donors (Lipinski definition) is 2. The number of nitrogens with one attached hydrogen (secondary N) is 2. The highest BCUT2D eigenvalue weighted by Crippen LogP contribution is 2.17. The quantitative estimate of drug-likeness (QED) is 0.624. The number of hydrogen-bond acceptors (Lipinski definition) is 3. The van der Waals surface area contributed by atoms with Crippen LogP contribution >= 0.6 is 15.9 Å². The average molecular weight is 433 g/mol. The van der Waals surface area contributed by atoms with Gasteiger partial charge in [0.1, 0.15) is 18.4 Å². The van der Waals surface area contributed by atoms with Crippen molar-refractivity contribution in [2.75, 3.05) is 13.2 Å². The first-order valence-electron chi connectivity index (χ1n) is 8.90. The zero-order valence-electron chi connectivity index (χ0n) is 15.8. The molecule has 0 heterocycles. The normalized spacial score (nSPS) is 11.7. The van der Waals surface area contributed by atoms with E-state index in [1.807, 2.05) is 57.2 Å². The Bertz CT molecular complexity index is 775. The van der Waals surface area contributed by atoms with Crippen LogP contribution in [-0.2, 0) is 4.79 Å². The maximum Gasteiger partial charge on any atom is 0.251 e. The van der Waals surface area contributed by atoms with Crippen LogP contribution in [0.15, 0.2) is 53.0 Å². The Balaban J connectivity index is 1.85. The molecule has 2 N–H and O–H groups in total. The van der Waals surface area contributed by atoms with Crippen LogP contribution in [0.25, 0.3) is 0 Å². The molecule has 2 rings (SSSR count). The zero-order chi connectivity index (χ0) is 19.8. The number of rotatable bonds is 8. The van der Waals surface area contributed by atoms with Gasteiger partial charge in [0.05, 0.1) is 6.54 Å². The number of benzene rings is 2. The monoisotopic (exact) mass is 432 g/mol. The van der Waals surface area contributed by atoms with Crippen LogP contribution in [0.5, 0.6) is 5.75 Å². The fraction of sp³-hybridized carbons (Fsp3) is 0.333.